The third kappa shape index (κ3) is 6.29. The van der Waals surface area contributed by atoms with E-state index < -0.39 is 0 Å². The summed E-state index contributed by atoms with van der Waals surface area (Å²) in [6.07, 6.45) is 5.20. The van der Waals surface area contributed by atoms with Gasteiger partial charge in [0.15, 0.2) is 23.0 Å². The van der Waals surface area contributed by atoms with Gasteiger partial charge in [0.2, 0.25) is 0 Å². The summed E-state index contributed by atoms with van der Waals surface area (Å²) in [5.41, 5.74) is 6.94. The number of nitrogens with zero attached hydrogens (tertiary/aromatic N) is 4. The second kappa shape index (κ2) is 13.9. The van der Waals surface area contributed by atoms with Gasteiger partial charge in [-0.05, 0) is 47.2 Å². The molecule has 0 aliphatic carbocycles. The average Bonchev–Trinajstić information content (AvgIpc) is 3.38. The van der Waals surface area contributed by atoms with Crippen molar-refractivity contribution in [3.63, 3.8) is 0 Å². The highest BCUT2D eigenvalue weighted by Crippen LogP contribution is 2.40. The van der Waals surface area contributed by atoms with Gasteiger partial charge in [0.1, 0.15) is 13.2 Å². The van der Waals surface area contributed by atoms with E-state index in [1.807, 2.05) is 46.5 Å². The van der Waals surface area contributed by atoms with Crippen LogP contribution in [0.5, 0.6) is 23.0 Å². The normalized spacial score (nSPS) is 18.3. The molecule has 0 fully saturated rings. The molecule has 4 aromatic rings. The van der Waals surface area contributed by atoms with Gasteiger partial charge in [-0.2, -0.15) is 0 Å². The number of carbonyl (C=O) groups is 2. The molecule has 0 aromatic heterocycles. The van der Waals surface area contributed by atoms with Crippen LogP contribution in [0.2, 0.25) is 0 Å². The summed E-state index contributed by atoms with van der Waals surface area (Å²) >= 11 is 0. The Labute approximate surface area is 296 Å². The van der Waals surface area contributed by atoms with E-state index in [-0.39, 0.29) is 23.9 Å². The van der Waals surface area contributed by atoms with E-state index in [9.17, 15) is 9.59 Å². The number of carbonyl (C=O) groups excluding carboxylic acids is 2. The molecule has 260 valence electrons. The molecule has 0 saturated heterocycles. The van der Waals surface area contributed by atoms with Crippen molar-refractivity contribution in [2.45, 2.75) is 38.0 Å². The maximum Gasteiger partial charge on any atom is 0.257 e. The number of hydrogen-bond donors (Lipinski definition) is 1. The number of amides is 2. The zero-order chi connectivity index (χ0) is 34.9. The third-order valence-corrected chi connectivity index (χ3v) is 9.97. The lowest BCUT2D eigenvalue weighted by Crippen LogP contribution is -2.44. The van der Waals surface area contributed by atoms with Gasteiger partial charge in [-0.25, -0.2) is 0 Å². The minimum absolute atomic E-state index is 0.0696. The van der Waals surface area contributed by atoms with Crippen molar-refractivity contribution in [2.75, 3.05) is 40.5 Å². The number of aliphatic imine (C=N–C) groups is 2. The lowest BCUT2D eigenvalue weighted by Gasteiger charge is -2.34. The number of benzene rings is 4. The Kier molecular flexibility index (Phi) is 8.87. The maximum atomic E-state index is 13.7. The Hall–Kier alpha value is -5.68. The summed E-state index contributed by atoms with van der Waals surface area (Å²) in [4.78, 5) is 40.5. The molecule has 4 heterocycles. The van der Waals surface area contributed by atoms with Crippen molar-refractivity contribution in [3.8, 4) is 23.0 Å². The van der Waals surface area contributed by atoms with Crippen LogP contribution in [0.3, 0.4) is 0 Å². The van der Waals surface area contributed by atoms with Crippen LogP contribution in [-0.4, -0.2) is 86.6 Å². The third-order valence-electron chi connectivity index (χ3n) is 9.97. The molecule has 4 aromatic carbocycles. The summed E-state index contributed by atoms with van der Waals surface area (Å²) in [7, 11) is 3.13. The van der Waals surface area contributed by atoms with Crippen LogP contribution in [0, 0.1) is 0 Å². The Bertz CT molecular complexity index is 1920. The van der Waals surface area contributed by atoms with E-state index in [0.717, 1.165) is 24.0 Å². The average molecular weight is 686 g/mol. The molecule has 0 bridgehead atoms. The first-order chi connectivity index (χ1) is 25.0. The SMILES string of the molecule is COc1cc2c(cc1OCCNCCOc1cc3c(cc1OC)C(=O)N1Cc4ccccc4CC1C=N3)N=CC1Cc3ccccc3CN1C2=O. The van der Waals surface area contributed by atoms with Crippen molar-refractivity contribution in [1.29, 1.82) is 0 Å². The Morgan fingerprint density at radius 2 is 1.06 bits per heavy atom. The first kappa shape index (κ1) is 32.5. The van der Waals surface area contributed by atoms with E-state index in [0.29, 0.717) is 84.9 Å². The molecule has 2 amide bonds. The molecule has 11 nitrogen and oxygen atoms in total. The summed E-state index contributed by atoms with van der Waals surface area (Å²) in [5, 5.41) is 3.33. The highest BCUT2D eigenvalue weighted by atomic mass is 16.5. The van der Waals surface area contributed by atoms with Crippen LogP contribution in [0.1, 0.15) is 43.0 Å². The predicted octanol–water partition coefficient (Wildman–Crippen LogP) is 5.32. The van der Waals surface area contributed by atoms with Crippen LogP contribution in [0.15, 0.2) is 82.8 Å². The maximum absolute atomic E-state index is 13.7. The highest BCUT2D eigenvalue weighted by molar-refractivity contribution is 6.04. The minimum Gasteiger partial charge on any atom is -0.493 e. The molecule has 4 aliphatic rings. The summed E-state index contributed by atoms with van der Waals surface area (Å²) in [5.74, 6) is 1.86. The van der Waals surface area contributed by atoms with Gasteiger partial charge in [0, 0.05) is 50.7 Å². The summed E-state index contributed by atoms with van der Waals surface area (Å²) in [6, 6.07) is 23.3. The predicted molar refractivity (Wildman–Crippen MR) is 194 cm³/mol. The molecule has 11 heteroatoms. The number of hydrogen-bond acceptors (Lipinski definition) is 9. The van der Waals surface area contributed by atoms with E-state index >= 15 is 0 Å². The number of rotatable bonds is 10. The summed E-state index contributed by atoms with van der Waals surface area (Å²) in [6.45, 7) is 2.89. The number of nitrogens with one attached hydrogen (secondary N) is 1. The minimum atomic E-state index is -0.108. The quantitative estimate of drug-likeness (QED) is 0.225. The van der Waals surface area contributed by atoms with Crippen molar-refractivity contribution in [3.05, 3.63) is 106 Å². The zero-order valence-electron chi connectivity index (χ0n) is 28.6. The van der Waals surface area contributed by atoms with Gasteiger partial charge in [0.05, 0.1) is 48.8 Å². The second-order valence-electron chi connectivity index (χ2n) is 13.0. The monoisotopic (exact) mass is 685 g/mol. The molecule has 0 saturated carbocycles. The first-order valence-electron chi connectivity index (χ1n) is 17.2. The number of fused-ring (bicyclic) bond motifs is 6. The number of methoxy groups -OCH3 is 2. The Morgan fingerprint density at radius 1 is 0.627 bits per heavy atom. The lowest BCUT2D eigenvalue weighted by molar-refractivity contribution is 0.0696. The smallest absolute Gasteiger partial charge is 0.257 e. The van der Waals surface area contributed by atoms with Gasteiger partial charge in [-0.1, -0.05) is 48.5 Å². The second-order valence-corrected chi connectivity index (χ2v) is 13.0. The molecular formula is C40H39N5O6. The van der Waals surface area contributed by atoms with Crippen LogP contribution in [0.25, 0.3) is 0 Å². The fraction of sp³-hybridized carbons (Fsp3) is 0.300. The molecule has 4 aliphatic heterocycles. The fourth-order valence-corrected chi connectivity index (χ4v) is 7.24. The van der Waals surface area contributed by atoms with Crippen molar-refractivity contribution in [1.82, 2.24) is 15.1 Å². The molecule has 2 atom stereocenters. The largest absolute Gasteiger partial charge is 0.493 e. The van der Waals surface area contributed by atoms with Crippen molar-refractivity contribution < 1.29 is 28.5 Å². The lowest BCUT2D eigenvalue weighted by atomic mass is 9.94. The van der Waals surface area contributed by atoms with Gasteiger partial charge in [-0.15, -0.1) is 0 Å². The van der Waals surface area contributed by atoms with Gasteiger partial charge in [-0.3, -0.25) is 19.6 Å². The molecule has 2 unspecified atom stereocenters. The van der Waals surface area contributed by atoms with Crippen LogP contribution < -0.4 is 24.3 Å². The molecule has 8 rings (SSSR count). The first-order valence-corrected chi connectivity index (χ1v) is 17.2. The van der Waals surface area contributed by atoms with Gasteiger partial charge < -0.3 is 34.1 Å². The van der Waals surface area contributed by atoms with Gasteiger partial charge >= 0.3 is 0 Å². The topological polar surface area (TPSA) is 114 Å². The molecule has 51 heavy (non-hydrogen) atoms. The van der Waals surface area contributed by atoms with Crippen LogP contribution in [-0.2, 0) is 25.9 Å². The van der Waals surface area contributed by atoms with E-state index in [1.54, 1.807) is 38.5 Å². The van der Waals surface area contributed by atoms with Crippen molar-refractivity contribution >= 4 is 35.6 Å². The van der Waals surface area contributed by atoms with E-state index in [1.165, 1.54) is 11.1 Å². The van der Waals surface area contributed by atoms with E-state index in [4.69, 9.17) is 28.9 Å². The van der Waals surface area contributed by atoms with Gasteiger partial charge in [0.25, 0.3) is 11.8 Å². The van der Waals surface area contributed by atoms with Crippen molar-refractivity contribution in [2.24, 2.45) is 9.98 Å². The van der Waals surface area contributed by atoms with Crippen LogP contribution >= 0.6 is 0 Å². The molecular weight excluding hydrogens is 646 g/mol. The van der Waals surface area contributed by atoms with Crippen LogP contribution in [0.4, 0.5) is 11.4 Å². The Morgan fingerprint density at radius 3 is 1.49 bits per heavy atom. The summed E-state index contributed by atoms with van der Waals surface area (Å²) < 4.78 is 23.4. The highest BCUT2D eigenvalue weighted by Gasteiger charge is 2.34. The zero-order valence-corrected chi connectivity index (χ0v) is 28.6. The van der Waals surface area contributed by atoms with E-state index in [2.05, 4.69) is 29.6 Å². The molecule has 1 N–H and O–H groups in total. The fourth-order valence-electron chi connectivity index (χ4n) is 7.24. The Balaban J connectivity index is 0.864. The number of ether oxygens (including phenoxy) is 4. The molecule has 0 spiro atoms. The standard InChI is InChI=1S/C40H39N5O6/c1-48-35-17-31-33(42-21-29-15-25-7-3-5-9-27(25)23-44(29)39(31)46)19-37(35)50-13-11-41-12-14-51-38-20-34-32(18-36(38)49-2)40(47)45-24-28-10-6-4-8-26(28)16-30(45)22-43-34/h3-10,17-22,29-30,41H,11-16,23-24H2,1-2H3. The molecule has 0 radical (unpaired) electrons.